The Hall–Kier alpha value is -1.62. The maximum absolute atomic E-state index is 5.84. The van der Waals surface area contributed by atoms with Crippen molar-refractivity contribution in [3.8, 4) is 0 Å². The molecule has 2 N–H and O–H groups in total. The predicted molar refractivity (Wildman–Crippen MR) is 126 cm³/mol. The Morgan fingerprint density at radius 1 is 1.28 bits per heavy atom. The number of ether oxygens (including phenoxy) is 1. The first-order chi connectivity index (χ1) is 13.3. The molecule has 0 bridgehead atoms. The third-order valence-electron chi connectivity index (χ3n) is 4.48. The van der Waals surface area contributed by atoms with Crippen molar-refractivity contribution in [2.75, 3.05) is 20.3 Å². The minimum Gasteiger partial charge on any atom is -0.443 e. The predicted octanol–water partition coefficient (Wildman–Crippen LogP) is 3.31. The number of guanidine groups is 1. The minimum atomic E-state index is -0.0537. The molecule has 0 aromatic carbocycles. The highest BCUT2D eigenvalue weighted by molar-refractivity contribution is 14.0. The quantitative estimate of drug-likeness (QED) is 0.317. The molecule has 2 rings (SSSR count). The molecule has 0 atom stereocenters. The number of halogens is 1. The van der Waals surface area contributed by atoms with Crippen molar-refractivity contribution in [3.05, 3.63) is 34.8 Å². The zero-order chi connectivity index (χ0) is 20.7. The Bertz CT molecular complexity index is 791. The van der Waals surface area contributed by atoms with Crippen molar-refractivity contribution in [1.29, 1.82) is 0 Å². The second-order valence-electron chi connectivity index (χ2n) is 7.78. The molecule has 0 aliphatic carbocycles. The lowest BCUT2D eigenvalue weighted by molar-refractivity contribution is 0.182. The van der Waals surface area contributed by atoms with Crippen LogP contribution in [0.3, 0.4) is 0 Å². The van der Waals surface area contributed by atoms with Gasteiger partial charge < -0.3 is 19.8 Å². The summed E-state index contributed by atoms with van der Waals surface area (Å²) in [5.41, 5.74) is 3.20. The minimum absolute atomic E-state index is 0. The van der Waals surface area contributed by atoms with Crippen molar-refractivity contribution < 1.29 is 9.15 Å². The number of nitrogens with one attached hydrogen (secondary N) is 2. The van der Waals surface area contributed by atoms with Gasteiger partial charge in [0.15, 0.2) is 5.96 Å². The Labute approximate surface area is 190 Å². The van der Waals surface area contributed by atoms with E-state index in [9.17, 15) is 0 Å². The molecule has 0 saturated heterocycles. The fourth-order valence-electron chi connectivity index (χ4n) is 2.76. The number of methoxy groups -OCH3 is 1. The normalized spacial score (nSPS) is 12.0. The summed E-state index contributed by atoms with van der Waals surface area (Å²) in [5.74, 6) is 2.25. The molecular formula is C20H35IN6O2. The van der Waals surface area contributed by atoms with Gasteiger partial charge >= 0.3 is 0 Å². The van der Waals surface area contributed by atoms with Crippen LogP contribution in [0.2, 0.25) is 0 Å². The van der Waals surface area contributed by atoms with E-state index < -0.39 is 0 Å². The van der Waals surface area contributed by atoms with Gasteiger partial charge in [-0.05, 0) is 20.8 Å². The van der Waals surface area contributed by atoms with Gasteiger partial charge in [0.1, 0.15) is 5.76 Å². The standard InChI is InChI=1S/C20H34N6O2.HI/c1-8-21-19(24-13-18-22-12-17(28-18)20(4,5)6)23-11-16-14(2)25-26(15(16)3)9-10-27-7;/h12H,8-11,13H2,1-7H3,(H2,21,23,24);1H. The van der Waals surface area contributed by atoms with Crippen LogP contribution in [0.15, 0.2) is 15.6 Å². The van der Waals surface area contributed by atoms with Crippen molar-refractivity contribution in [2.45, 2.75) is 66.6 Å². The van der Waals surface area contributed by atoms with E-state index in [2.05, 4.69) is 48.4 Å². The van der Waals surface area contributed by atoms with Crippen molar-refractivity contribution in [2.24, 2.45) is 4.99 Å². The lowest BCUT2D eigenvalue weighted by atomic mass is 9.94. The SMILES string of the molecule is CCNC(=NCc1c(C)nn(CCOC)c1C)NCc1ncc(C(C)(C)C)o1.I. The van der Waals surface area contributed by atoms with Gasteiger partial charge in [-0.15, -0.1) is 24.0 Å². The van der Waals surface area contributed by atoms with Crippen molar-refractivity contribution in [3.63, 3.8) is 0 Å². The van der Waals surface area contributed by atoms with Gasteiger partial charge in [-0.3, -0.25) is 4.68 Å². The van der Waals surface area contributed by atoms with Crippen LogP contribution in [0, 0.1) is 13.8 Å². The molecule has 0 unspecified atom stereocenters. The zero-order valence-electron chi connectivity index (χ0n) is 18.6. The monoisotopic (exact) mass is 518 g/mol. The van der Waals surface area contributed by atoms with Crippen LogP contribution < -0.4 is 10.6 Å². The van der Waals surface area contributed by atoms with Gasteiger partial charge in [-0.1, -0.05) is 20.8 Å². The van der Waals surface area contributed by atoms with E-state index in [0.717, 1.165) is 41.8 Å². The molecule has 2 heterocycles. The number of aryl methyl sites for hydroxylation is 1. The lowest BCUT2D eigenvalue weighted by Gasteiger charge is -2.13. The summed E-state index contributed by atoms with van der Waals surface area (Å²) in [6.07, 6.45) is 1.79. The van der Waals surface area contributed by atoms with Gasteiger partial charge in [0.25, 0.3) is 0 Å². The third kappa shape index (κ3) is 7.29. The fraction of sp³-hybridized carbons (Fsp3) is 0.650. The number of aliphatic imine (C=N–C) groups is 1. The highest BCUT2D eigenvalue weighted by Crippen LogP contribution is 2.22. The highest BCUT2D eigenvalue weighted by atomic mass is 127. The van der Waals surface area contributed by atoms with Gasteiger partial charge in [0.05, 0.1) is 38.1 Å². The molecule has 0 aliphatic rings. The van der Waals surface area contributed by atoms with Gasteiger partial charge in [0, 0.05) is 30.3 Å². The summed E-state index contributed by atoms with van der Waals surface area (Å²) < 4.78 is 13.0. The molecule has 2 aromatic heterocycles. The highest BCUT2D eigenvalue weighted by Gasteiger charge is 2.19. The molecule has 164 valence electrons. The average molecular weight is 518 g/mol. The smallest absolute Gasteiger partial charge is 0.213 e. The first-order valence-electron chi connectivity index (χ1n) is 9.75. The first-order valence-corrected chi connectivity index (χ1v) is 9.75. The molecular weight excluding hydrogens is 483 g/mol. The fourth-order valence-corrected chi connectivity index (χ4v) is 2.76. The molecule has 0 radical (unpaired) electrons. The number of oxazole rings is 1. The van der Waals surface area contributed by atoms with Crippen LogP contribution in [-0.2, 0) is 29.8 Å². The summed E-state index contributed by atoms with van der Waals surface area (Å²) in [6, 6.07) is 0. The Kier molecular flexibility index (Phi) is 10.1. The first kappa shape index (κ1) is 25.4. The summed E-state index contributed by atoms with van der Waals surface area (Å²) in [4.78, 5) is 9.07. The molecule has 0 spiro atoms. The number of rotatable bonds is 8. The maximum Gasteiger partial charge on any atom is 0.213 e. The molecule has 9 heteroatoms. The molecule has 29 heavy (non-hydrogen) atoms. The topological polar surface area (TPSA) is 89.5 Å². The number of hydrogen-bond donors (Lipinski definition) is 2. The van der Waals surface area contributed by atoms with Gasteiger partial charge in [0.2, 0.25) is 5.89 Å². The maximum atomic E-state index is 5.84. The van der Waals surface area contributed by atoms with E-state index >= 15 is 0 Å². The molecule has 8 nitrogen and oxygen atoms in total. The summed E-state index contributed by atoms with van der Waals surface area (Å²) >= 11 is 0. The third-order valence-corrected chi connectivity index (χ3v) is 4.48. The van der Waals surface area contributed by atoms with E-state index in [1.165, 1.54) is 0 Å². The Balaban J connectivity index is 0.00000420. The second kappa shape index (κ2) is 11.5. The van der Waals surface area contributed by atoms with E-state index in [0.29, 0.717) is 25.6 Å². The van der Waals surface area contributed by atoms with E-state index in [1.54, 1.807) is 13.3 Å². The van der Waals surface area contributed by atoms with Crippen molar-refractivity contribution in [1.82, 2.24) is 25.4 Å². The molecule has 0 amide bonds. The molecule has 0 aliphatic heterocycles. The van der Waals surface area contributed by atoms with Crippen LogP contribution >= 0.6 is 24.0 Å². The van der Waals surface area contributed by atoms with Crippen LogP contribution in [-0.4, -0.2) is 41.0 Å². The van der Waals surface area contributed by atoms with Crippen LogP contribution in [0.1, 0.15) is 56.3 Å². The number of nitrogens with zero attached hydrogens (tertiary/aromatic N) is 4. The zero-order valence-corrected chi connectivity index (χ0v) is 21.0. The largest absolute Gasteiger partial charge is 0.443 e. The van der Waals surface area contributed by atoms with Crippen molar-refractivity contribution >= 4 is 29.9 Å². The molecule has 0 fully saturated rings. The van der Waals surface area contributed by atoms with E-state index in [1.807, 2.05) is 18.5 Å². The molecule has 0 saturated carbocycles. The van der Waals surface area contributed by atoms with E-state index in [-0.39, 0.29) is 29.4 Å². The Morgan fingerprint density at radius 2 is 2.00 bits per heavy atom. The van der Waals surface area contributed by atoms with Crippen LogP contribution in [0.25, 0.3) is 0 Å². The number of hydrogen-bond acceptors (Lipinski definition) is 5. The Morgan fingerprint density at radius 3 is 2.59 bits per heavy atom. The summed E-state index contributed by atoms with van der Waals surface area (Å²) in [7, 11) is 1.70. The van der Waals surface area contributed by atoms with Crippen LogP contribution in [0.5, 0.6) is 0 Å². The van der Waals surface area contributed by atoms with Gasteiger partial charge in [-0.25, -0.2) is 9.98 Å². The van der Waals surface area contributed by atoms with E-state index in [4.69, 9.17) is 14.1 Å². The second-order valence-corrected chi connectivity index (χ2v) is 7.78. The number of aromatic nitrogens is 3. The average Bonchev–Trinajstić information content (AvgIpc) is 3.21. The lowest BCUT2D eigenvalue weighted by Crippen LogP contribution is -2.36. The summed E-state index contributed by atoms with van der Waals surface area (Å²) in [5, 5.41) is 11.1. The molecule has 2 aromatic rings. The summed E-state index contributed by atoms with van der Waals surface area (Å²) in [6.45, 7) is 15.6. The van der Waals surface area contributed by atoms with Crippen LogP contribution in [0.4, 0.5) is 0 Å². The van der Waals surface area contributed by atoms with Gasteiger partial charge in [-0.2, -0.15) is 5.10 Å².